The molecule has 1 N–H and O–H groups in total. The quantitative estimate of drug-likeness (QED) is 0.177. The summed E-state index contributed by atoms with van der Waals surface area (Å²) < 4.78 is 22.8. The third kappa shape index (κ3) is 7.29. The Morgan fingerprint density at radius 1 is 1.11 bits per heavy atom. The van der Waals surface area contributed by atoms with Crippen LogP contribution in [0.2, 0.25) is 0 Å². The summed E-state index contributed by atoms with van der Waals surface area (Å²) in [5.74, 6) is 0.110. The number of ether oxygens (including phenoxy) is 4. The van der Waals surface area contributed by atoms with Gasteiger partial charge in [-0.3, -0.25) is 4.79 Å². The van der Waals surface area contributed by atoms with Crippen LogP contribution in [0.15, 0.2) is 37.4 Å². The van der Waals surface area contributed by atoms with Crippen molar-refractivity contribution in [1.82, 2.24) is 20.2 Å². The first-order valence-corrected chi connectivity index (χ1v) is 16.1. The summed E-state index contributed by atoms with van der Waals surface area (Å²) >= 11 is 0. The van der Waals surface area contributed by atoms with Gasteiger partial charge in [-0.05, 0) is 74.0 Å². The number of alkyl carbamates (subject to hydrolysis) is 1. The molecule has 2 heterocycles. The second-order valence-electron chi connectivity index (χ2n) is 13.6. The Hall–Kier alpha value is -4.15. The first-order valence-electron chi connectivity index (χ1n) is 16.1. The molecule has 3 fully saturated rings. The van der Waals surface area contributed by atoms with Gasteiger partial charge in [-0.1, -0.05) is 33.4 Å². The molecule has 2 aromatic rings. The molecule has 0 bridgehead atoms. The lowest BCUT2D eigenvalue weighted by molar-refractivity contribution is -0.154. The van der Waals surface area contributed by atoms with Gasteiger partial charge < -0.3 is 29.2 Å². The lowest BCUT2D eigenvalue weighted by atomic mass is 9.85. The Kier molecular flexibility index (Phi) is 9.88. The fourth-order valence-electron chi connectivity index (χ4n) is 6.45. The van der Waals surface area contributed by atoms with E-state index in [9.17, 15) is 14.4 Å². The maximum atomic E-state index is 14.4. The highest BCUT2D eigenvalue weighted by molar-refractivity contribution is 5.91. The molecule has 0 radical (unpaired) electrons. The number of allylic oxidation sites excluding steroid dienone is 1. The zero-order chi connectivity index (χ0) is 33.2. The number of hydrogen-bond acceptors (Lipinski definition) is 9. The van der Waals surface area contributed by atoms with Gasteiger partial charge in [-0.2, -0.15) is 0 Å². The number of methoxy groups -OCH3 is 2. The van der Waals surface area contributed by atoms with E-state index >= 15 is 0 Å². The Morgan fingerprint density at radius 2 is 1.87 bits per heavy atom. The van der Waals surface area contributed by atoms with E-state index in [0.717, 1.165) is 38.5 Å². The number of rotatable bonds is 13. The lowest BCUT2D eigenvalue weighted by Crippen LogP contribution is -2.57. The SMILES string of the molecule is C=CCCCC1C[C@H]1OC(=O)N[C@H](C(=O)N1C[C@H](Oc2nc3cc(OC)ccc3nc2C=C)[C@@H](C2CC2)[C@H]1C(=O)OC)C(C)(C)C. The van der Waals surface area contributed by atoms with Crippen molar-refractivity contribution >= 4 is 35.1 Å². The van der Waals surface area contributed by atoms with Gasteiger partial charge in [0.2, 0.25) is 11.8 Å². The number of unbranched alkanes of at least 4 members (excludes halogenated alkanes) is 1. The first kappa shape index (κ1) is 33.2. The van der Waals surface area contributed by atoms with Crippen molar-refractivity contribution in [2.45, 2.75) is 83.6 Å². The van der Waals surface area contributed by atoms with Gasteiger partial charge in [-0.15, -0.1) is 6.58 Å². The van der Waals surface area contributed by atoms with Crippen LogP contribution >= 0.6 is 0 Å². The number of esters is 1. The van der Waals surface area contributed by atoms with Crippen LogP contribution in [0.1, 0.15) is 65.0 Å². The number of likely N-dealkylation sites (tertiary alicyclic amines) is 1. The molecule has 2 aliphatic carbocycles. The van der Waals surface area contributed by atoms with E-state index < -0.39 is 41.6 Å². The van der Waals surface area contributed by atoms with Crippen LogP contribution < -0.4 is 14.8 Å². The zero-order valence-electron chi connectivity index (χ0n) is 27.5. The van der Waals surface area contributed by atoms with E-state index in [1.807, 2.05) is 32.9 Å². The minimum absolute atomic E-state index is 0.103. The van der Waals surface area contributed by atoms with Crippen LogP contribution in [0, 0.1) is 23.2 Å². The predicted octanol–water partition coefficient (Wildman–Crippen LogP) is 5.32. The second kappa shape index (κ2) is 13.7. The maximum absolute atomic E-state index is 14.4. The molecule has 1 aromatic carbocycles. The molecule has 1 aromatic heterocycles. The van der Waals surface area contributed by atoms with Crippen LogP contribution in [0.5, 0.6) is 11.6 Å². The zero-order valence-corrected chi connectivity index (χ0v) is 27.5. The Balaban J connectivity index is 1.39. The van der Waals surface area contributed by atoms with Crippen LogP contribution in [-0.2, 0) is 19.1 Å². The van der Waals surface area contributed by atoms with E-state index in [4.69, 9.17) is 23.9 Å². The lowest BCUT2D eigenvalue weighted by Gasteiger charge is -2.35. The average molecular weight is 635 g/mol. The smallest absolute Gasteiger partial charge is 0.408 e. The van der Waals surface area contributed by atoms with Crippen LogP contribution in [0.3, 0.4) is 0 Å². The van der Waals surface area contributed by atoms with Gasteiger partial charge in [0.05, 0.1) is 31.8 Å². The minimum Gasteiger partial charge on any atom is -0.497 e. The van der Waals surface area contributed by atoms with Gasteiger partial charge in [0.25, 0.3) is 0 Å². The molecule has 0 spiro atoms. The number of fused-ring (bicyclic) bond motifs is 1. The minimum atomic E-state index is -0.958. The van der Waals surface area contributed by atoms with E-state index in [-0.39, 0.29) is 30.4 Å². The molecule has 1 aliphatic heterocycles. The highest BCUT2D eigenvalue weighted by atomic mass is 16.6. The van der Waals surface area contributed by atoms with Crippen molar-refractivity contribution in [3.8, 4) is 11.6 Å². The van der Waals surface area contributed by atoms with Gasteiger partial charge >= 0.3 is 12.1 Å². The fraction of sp³-hybridized carbons (Fsp3) is 0.571. The molecule has 1 saturated heterocycles. The molecule has 5 rings (SSSR count). The molecular weight excluding hydrogens is 588 g/mol. The Labute approximate surface area is 270 Å². The molecule has 11 heteroatoms. The summed E-state index contributed by atoms with van der Waals surface area (Å²) in [5, 5.41) is 2.83. The molecule has 6 atom stereocenters. The summed E-state index contributed by atoms with van der Waals surface area (Å²) in [4.78, 5) is 51.7. The Morgan fingerprint density at radius 3 is 2.50 bits per heavy atom. The summed E-state index contributed by atoms with van der Waals surface area (Å²) in [6, 6.07) is 3.53. The second-order valence-corrected chi connectivity index (χ2v) is 13.6. The molecule has 46 heavy (non-hydrogen) atoms. The van der Waals surface area contributed by atoms with E-state index in [1.54, 1.807) is 25.3 Å². The molecule has 1 unspecified atom stereocenters. The van der Waals surface area contributed by atoms with Crippen molar-refractivity contribution in [2.75, 3.05) is 20.8 Å². The number of amides is 2. The number of benzene rings is 1. The normalized spacial score (nSPS) is 24.5. The topological polar surface area (TPSA) is 129 Å². The Bertz CT molecular complexity index is 1480. The van der Waals surface area contributed by atoms with E-state index in [2.05, 4.69) is 23.5 Å². The van der Waals surface area contributed by atoms with Crippen LogP contribution in [0.4, 0.5) is 4.79 Å². The summed E-state index contributed by atoms with van der Waals surface area (Å²) in [6.07, 6.45) is 7.60. The molecule has 248 valence electrons. The van der Waals surface area contributed by atoms with Gasteiger partial charge in [0, 0.05) is 12.0 Å². The van der Waals surface area contributed by atoms with Crippen molar-refractivity contribution in [1.29, 1.82) is 0 Å². The fourth-order valence-corrected chi connectivity index (χ4v) is 6.45. The van der Waals surface area contributed by atoms with Crippen molar-refractivity contribution < 1.29 is 33.3 Å². The molecule has 2 saturated carbocycles. The third-order valence-electron chi connectivity index (χ3n) is 9.19. The third-order valence-corrected chi connectivity index (χ3v) is 9.19. The van der Waals surface area contributed by atoms with Gasteiger partial charge in [0.15, 0.2) is 0 Å². The standard InChI is InChI=1S/C35H46N4O7/c1-8-10-11-12-21-17-26(21)46-34(42)38-30(35(3,4)5)32(40)39-19-27(28(20-13-14-20)29(39)33(41)44-7)45-31-23(9-2)36-24-16-15-22(43-6)18-25(24)37-31/h8-9,15-16,18,20-21,26-30H,1-2,10-14,17,19H2,3-7H3,(H,38,42)/t21?,26-,27+,28-,29+,30-/m1/s1. The number of carbonyl (C=O) groups excluding carboxylic acids is 3. The van der Waals surface area contributed by atoms with E-state index in [1.165, 1.54) is 12.0 Å². The monoisotopic (exact) mass is 634 g/mol. The number of aromatic nitrogens is 2. The van der Waals surface area contributed by atoms with Crippen molar-refractivity contribution in [3.05, 3.63) is 43.1 Å². The van der Waals surface area contributed by atoms with Crippen molar-refractivity contribution in [3.63, 3.8) is 0 Å². The number of nitrogens with one attached hydrogen (secondary N) is 1. The molecule has 3 aliphatic rings. The number of carbonyl (C=O) groups is 3. The summed E-state index contributed by atoms with van der Waals surface area (Å²) in [5.41, 5.74) is 0.994. The average Bonchev–Trinajstić information content (AvgIpc) is 3.96. The summed E-state index contributed by atoms with van der Waals surface area (Å²) in [7, 11) is 2.90. The van der Waals surface area contributed by atoms with Gasteiger partial charge in [-0.25, -0.2) is 19.6 Å². The van der Waals surface area contributed by atoms with Crippen LogP contribution in [0.25, 0.3) is 17.1 Å². The molecule has 11 nitrogen and oxygen atoms in total. The summed E-state index contributed by atoms with van der Waals surface area (Å²) in [6.45, 7) is 13.4. The highest BCUT2D eigenvalue weighted by Crippen LogP contribution is 2.47. The first-order chi connectivity index (χ1) is 22.0. The number of nitrogens with zero attached hydrogens (tertiary/aromatic N) is 3. The van der Waals surface area contributed by atoms with Gasteiger partial charge in [0.1, 0.15) is 35.7 Å². The van der Waals surface area contributed by atoms with E-state index in [0.29, 0.717) is 28.4 Å². The number of hydrogen-bond donors (Lipinski definition) is 1. The van der Waals surface area contributed by atoms with Crippen molar-refractivity contribution in [2.24, 2.45) is 23.2 Å². The largest absolute Gasteiger partial charge is 0.497 e. The highest BCUT2D eigenvalue weighted by Gasteiger charge is 2.57. The van der Waals surface area contributed by atoms with Crippen LogP contribution in [-0.4, -0.2) is 77.9 Å². The molecule has 2 amide bonds. The maximum Gasteiger partial charge on any atom is 0.408 e. The molecular formula is C35H46N4O7. The predicted molar refractivity (Wildman–Crippen MR) is 173 cm³/mol.